The van der Waals surface area contributed by atoms with Crippen molar-refractivity contribution in [2.24, 2.45) is 7.05 Å². The standard InChI is InChI=1S/C15H24N8O/c1-22-14(18-11-19-22)5-8-17-15(24)13-10-23(21-20-13)9-6-12-4-2-3-7-16-12/h10-12,16H,2-9H2,1H3,(H,17,24)/t12-/m0/s1. The van der Waals surface area contributed by atoms with Crippen molar-refractivity contribution in [3.63, 3.8) is 0 Å². The van der Waals surface area contributed by atoms with Crippen LogP contribution in [0, 0.1) is 0 Å². The molecule has 0 unspecified atom stereocenters. The van der Waals surface area contributed by atoms with E-state index in [-0.39, 0.29) is 5.91 Å². The lowest BCUT2D eigenvalue weighted by Gasteiger charge is -2.23. The van der Waals surface area contributed by atoms with Gasteiger partial charge >= 0.3 is 0 Å². The van der Waals surface area contributed by atoms with Crippen LogP contribution in [-0.2, 0) is 20.0 Å². The zero-order chi connectivity index (χ0) is 16.8. The molecule has 2 aromatic heterocycles. The highest BCUT2D eigenvalue weighted by Gasteiger charge is 2.14. The molecular weight excluding hydrogens is 308 g/mol. The van der Waals surface area contributed by atoms with E-state index >= 15 is 0 Å². The Hall–Kier alpha value is -2.29. The van der Waals surface area contributed by atoms with Gasteiger partial charge in [0.1, 0.15) is 12.2 Å². The minimum atomic E-state index is -0.209. The van der Waals surface area contributed by atoms with E-state index in [0.29, 0.717) is 24.7 Å². The van der Waals surface area contributed by atoms with E-state index in [1.807, 2.05) is 7.05 Å². The van der Waals surface area contributed by atoms with Crippen LogP contribution in [0.25, 0.3) is 0 Å². The lowest BCUT2D eigenvalue weighted by molar-refractivity contribution is 0.0949. The van der Waals surface area contributed by atoms with Crippen LogP contribution in [0.2, 0.25) is 0 Å². The number of rotatable bonds is 7. The maximum Gasteiger partial charge on any atom is 0.273 e. The molecule has 0 saturated carbocycles. The zero-order valence-corrected chi connectivity index (χ0v) is 14.0. The first-order valence-corrected chi connectivity index (χ1v) is 8.47. The Morgan fingerprint density at radius 1 is 1.46 bits per heavy atom. The Morgan fingerprint density at radius 3 is 3.12 bits per heavy atom. The van der Waals surface area contributed by atoms with Crippen LogP contribution in [-0.4, -0.2) is 54.8 Å². The molecule has 1 amide bonds. The number of aryl methyl sites for hydroxylation is 2. The second-order valence-corrected chi connectivity index (χ2v) is 6.11. The Kier molecular flexibility index (Phi) is 5.52. The van der Waals surface area contributed by atoms with E-state index < -0.39 is 0 Å². The average molecular weight is 332 g/mol. The molecule has 24 heavy (non-hydrogen) atoms. The lowest BCUT2D eigenvalue weighted by Crippen LogP contribution is -2.34. The quantitative estimate of drug-likeness (QED) is 0.735. The van der Waals surface area contributed by atoms with Gasteiger partial charge in [-0.1, -0.05) is 11.6 Å². The third kappa shape index (κ3) is 4.38. The van der Waals surface area contributed by atoms with Crippen LogP contribution < -0.4 is 10.6 Å². The van der Waals surface area contributed by atoms with Crippen molar-refractivity contribution in [1.29, 1.82) is 0 Å². The van der Waals surface area contributed by atoms with Gasteiger partial charge in [-0.15, -0.1) is 5.10 Å². The summed E-state index contributed by atoms with van der Waals surface area (Å²) in [6, 6.07) is 0.548. The molecule has 3 rings (SSSR count). The SMILES string of the molecule is Cn1ncnc1CCNC(=O)c1cn(CC[C@@H]2CCCCN2)nn1. The molecule has 0 aliphatic carbocycles. The summed E-state index contributed by atoms with van der Waals surface area (Å²) in [5.41, 5.74) is 0.351. The molecule has 0 bridgehead atoms. The van der Waals surface area contributed by atoms with E-state index in [1.54, 1.807) is 15.6 Å². The van der Waals surface area contributed by atoms with Gasteiger partial charge < -0.3 is 10.6 Å². The Morgan fingerprint density at radius 2 is 2.38 bits per heavy atom. The Balaban J connectivity index is 1.42. The van der Waals surface area contributed by atoms with E-state index in [9.17, 15) is 4.79 Å². The minimum Gasteiger partial charge on any atom is -0.350 e. The van der Waals surface area contributed by atoms with Gasteiger partial charge in [0, 0.05) is 32.6 Å². The lowest BCUT2D eigenvalue weighted by atomic mass is 10.0. The number of carbonyl (C=O) groups is 1. The van der Waals surface area contributed by atoms with Crippen LogP contribution in [0.4, 0.5) is 0 Å². The molecule has 9 heteroatoms. The third-order valence-corrected chi connectivity index (χ3v) is 4.33. The van der Waals surface area contributed by atoms with Crippen molar-refractivity contribution in [3.8, 4) is 0 Å². The van der Waals surface area contributed by atoms with Gasteiger partial charge in [0.05, 0.1) is 6.20 Å². The number of carbonyl (C=O) groups excluding carboxylic acids is 1. The Bertz CT molecular complexity index is 658. The van der Waals surface area contributed by atoms with Gasteiger partial charge in [0.15, 0.2) is 5.69 Å². The van der Waals surface area contributed by atoms with Crippen LogP contribution in [0.3, 0.4) is 0 Å². The molecular formula is C15H24N8O. The molecule has 1 aliphatic heterocycles. The maximum atomic E-state index is 12.1. The van der Waals surface area contributed by atoms with E-state index in [2.05, 4.69) is 31.0 Å². The summed E-state index contributed by atoms with van der Waals surface area (Å²) in [6.07, 6.45) is 8.61. The fourth-order valence-electron chi connectivity index (χ4n) is 2.90. The zero-order valence-electron chi connectivity index (χ0n) is 14.0. The fourth-order valence-corrected chi connectivity index (χ4v) is 2.90. The van der Waals surface area contributed by atoms with Crippen LogP contribution in [0.5, 0.6) is 0 Å². The number of hydrogen-bond donors (Lipinski definition) is 2. The van der Waals surface area contributed by atoms with Crippen molar-refractivity contribution in [2.75, 3.05) is 13.1 Å². The number of aromatic nitrogens is 6. The summed E-state index contributed by atoms with van der Waals surface area (Å²) in [6.45, 7) is 2.36. The van der Waals surface area contributed by atoms with E-state index in [0.717, 1.165) is 25.3 Å². The average Bonchev–Trinajstić information content (AvgIpc) is 3.23. The van der Waals surface area contributed by atoms with Crippen molar-refractivity contribution in [2.45, 2.75) is 44.7 Å². The van der Waals surface area contributed by atoms with Gasteiger partial charge in [0.25, 0.3) is 5.91 Å². The smallest absolute Gasteiger partial charge is 0.273 e. The second kappa shape index (κ2) is 8.00. The highest BCUT2D eigenvalue weighted by Crippen LogP contribution is 2.10. The van der Waals surface area contributed by atoms with E-state index in [1.165, 1.54) is 25.6 Å². The predicted octanol–water partition coefficient (Wildman–Crippen LogP) is -0.0887. The molecule has 0 spiro atoms. The van der Waals surface area contributed by atoms with Crippen molar-refractivity contribution < 1.29 is 4.79 Å². The number of amides is 1. The molecule has 0 aromatic carbocycles. The summed E-state index contributed by atoms with van der Waals surface area (Å²) in [7, 11) is 1.83. The highest BCUT2D eigenvalue weighted by molar-refractivity contribution is 5.91. The van der Waals surface area contributed by atoms with Crippen molar-refractivity contribution in [1.82, 2.24) is 40.4 Å². The molecule has 1 atom stereocenters. The summed E-state index contributed by atoms with van der Waals surface area (Å²) in [4.78, 5) is 16.2. The van der Waals surface area contributed by atoms with Gasteiger partial charge in [0.2, 0.25) is 0 Å². The molecule has 1 aliphatic rings. The molecule has 130 valence electrons. The first-order valence-electron chi connectivity index (χ1n) is 8.47. The number of nitrogens with one attached hydrogen (secondary N) is 2. The third-order valence-electron chi connectivity index (χ3n) is 4.33. The Labute approximate surface area is 140 Å². The van der Waals surface area contributed by atoms with E-state index in [4.69, 9.17) is 0 Å². The molecule has 9 nitrogen and oxygen atoms in total. The molecule has 0 radical (unpaired) electrons. The maximum absolute atomic E-state index is 12.1. The number of piperidine rings is 1. The van der Waals surface area contributed by atoms with Crippen LogP contribution in [0.1, 0.15) is 42.0 Å². The monoisotopic (exact) mass is 332 g/mol. The number of nitrogens with zero attached hydrogens (tertiary/aromatic N) is 6. The largest absolute Gasteiger partial charge is 0.350 e. The summed E-state index contributed by atoms with van der Waals surface area (Å²) >= 11 is 0. The molecule has 1 saturated heterocycles. The predicted molar refractivity (Wildman–Crippen MR) is 87.3 cm³/mol. The minimum absolute atomic E-state index is 0.209. The van der Waals surface area contributed by atoms with Crippen LogP contribution in [0.15, 0.2) is 12.5 Å². The topological polar surface area (TPSA) is 103 Å². The van der Waals surface area contributed by atoms with Gasteiger partial charge in [-0.2, -0.15) is 5.10 Å². The van der Waals surface area contributed by atoms with Crippen LogP contribution >= 0.6 is 0 Å². The number of hydrogen-bond acceptors (Lipinski definition) is 6. The van der Waals surface area contributed by atoms with Crippen molar-refractivity contribution >= 4 is 5.91 Å². The normalized spacial score (nSPS) is 17.8. The molecule has 2 aromatic rings. The fraction of sp³-hybridized carbons (Fsp3) is 0.667. The first kappa shape index (κ1) is 16.6. The highest BCUT2D eigenvalue weighted by atomic mass is 16.2. The van der Waals surface area contributed by atoms with Gasteiger partial charge in [-0.05, 0) is 25.8 Å². The van der Waals surface area contributed by atoms with Crippen molar-refractivity contribution in [3.05, 3.63) is 24.0 Å². The molecule has 2 N–H and O–H groups in total. The summed E-state index contributed by atoms with van der Waals surface area (Å²) in [5.74, 6) is 0.623. The second-order valence-electron chi connectivity index (χ2n) is 6.11. The summed E-state index contributed by atoms with van der Waals surface area (Å²) < 4.78 is 3.44. The molecule has 1 fully saturated rings. The van der Waals surface area contributed by atoms with Gasteiger partial charge in [-0.25, -0.2) is 4.98 Å². The summed E-state index contributed by atoms with van der Waals surface area (Å²) in [5, 5.41) is 18.3. The van der Waals surface area contributed by atoms with Gasteiger partial charge in [-0.3, -0.25) is 14.2 Å². The first-order chi connectivity index (χ1) is 11.7. The molecule has 3 heterocycles.